The van der Waals surface area contributed by atoms with E-state index in [9.17, 15) is 0 Å². The maximum Gasteiger partial charge on any atom is 0.125 e. The third kappa shape index (κ3) is 4.03. The van der Waals surface area contributed by atoms with E-state index >= 15 is 0 Å². The number of nitrogens with zero attached hydrogens (tertiary/aromatic N) is 1. The Morgan fingerprint density at radius 1 is 1.21 bits per heavy atom. The topological polar surface area (TPSA) is 48.1 Å². The predicted octanol–water partition coefficient (Wildman–Crippen LogP) is 4.21. The Morgan fingerprint density at radius 2 is 2.00 bits per heavy atom. The Kier molecular flexibility index (Phi) is 4.96. The molecule has 2 N–H and O–H groups in total. The second-order valence-corrected chi connectivity index (χ2v) is 6.10. The zero-order valence-electron chi connectivity index (χ0n) is 10.4. The van der Waals surface area contributed by atoms with Crippen LogP contribution in [0.4, 0.5) is 0 Å². The Morgan fingerprint density at radius 3 is 2.68 bits per heavy atom. The molecule has 0 radical (unpaired) electrons. The van der Waals surface area contributed by atoms with Crippen molar-refractivity contribution in [3.63, 3.8) is 0 Å². The van der Waals surface area contributed by atoms with Crippen LogP contribution in [0, 0.1) is 0 Å². The van der Waals surface area contributed by atoms with Gasteiger partial charge in [-0.3, -0.25) is 4.98 Å². The Labute approximate surface area is 129 Å². The fourth-order valence-corrected chi connectivity index (χ4v) is 2.46. The molecule has 2 aromatic rings. The molecule has 19 heavy (non-hydrogen) atoms. The van der Waals surface area contributed by atoms with Gasteiger partial charge in [0.25, 0.3) is 0 Å². The lowest BCUT2D eigenvalue weighted by Crippen LogP contribution is -2.08. The Bertz CT molecular complexity index is 573. The summed E-state index contributed by atoms with van der Waals surface area (Å²) in [5, 5.41) is 0. The van der Waals surface area contributed by atoms with Crippen molar-refractivity contribution < 1.29 is 4.74 Å². The molecule has 1 heterocycles. The van der Waals surface area contributed by atoms with Gasteiger partial charge in [0, 0.05) is 38.5 Å². The van der Waals surface area contributed by atoms with Crippen LogP contribution in [0.5, 0.6) is 5.75 Å². The minimum atomic E-state index is -0.0660. The van der Waals surface area contributed by atoms with Crippen LogP contribution in [-0.2, 0) is 6.61 Å². The van der Waals surface area contributed by atoms with Gasteiger partial charge in [0.15, 0.2) is 0 Å². The average Bonchev–Trinajstić information content (AvgIpc) is 2.36. The largest absolute Gasteiger partial charge is 0.488 e. The summed E-state index contributed by atoms with van der Waals surface area (Å²) in [4.78, 5) is 4.11. The van der Waals surface area contributed by atoms with Gasteiger partial charge in [0.05, 0.1) is 0 Å². The first kappa shape index (κ1) is 14.5. The molecule has 0 aliphatic heterocycles. The minimum absolute atomic E-state index is 0.0660. The van der Waals surface area contributed by atoms with Gasteiger partial charge in [0.1, 0.15) is 12.4 Å². The van der Waals surface area contributed by atoms with E-state index in [1.165, 1.54) is 0 Å². The Balaban J connectivity index is 2.17. The van der Waals surface area contributed by atoms with E-state index in [0.717, 1.165) is 25.8 Å². The molecule has 5 heteroatoms. The zero-order valence-corrected chi connectivity index (χ0v) is 13.6. The molecule has 1 aromatic carbocycles. The fourth-order valence-electron chi connectivity index (χ4n) is 1.71. The number of pyridine rings is 1. The highest BCUT2D eigenvalue weighted by Crippen LogP contribution is 2.28. The van der Waals surface area contributed by atoms with Crippen molar-refractivity contribution in [3.05, 3.63) is 56.7 Å². The normalized spacial score (nSPS) is 12.2. The van der Waals surface area contributed by atoms with E-state index in [1.807, 2.05) is 31.2 Å². The summed E-state index contributed by atoms with van der Waals surface area (Å²) < 4.78 is 7.76. The van der Waals surface area contributed by atoms with Crippen molar-refractivity contribution in [3.8, 4) is 5.75 Å². The molecule has 1 aromatic heterocycles. The molecule has 2 rings (SSSR count). The van der Waals surface area contributed by atoms with Crippen LogP contribution >= 0.6 is 31.9 Å². The van der Waals surface area contributed by atoms with Gasteiger partial charge >= 0.3 is 0 Å². The molecule has 0 aliphatic carbocycles. The van der Waals surface area contributed by atoms with Gasteiger partial charge in [-0.05, 0) is 41.1 Å². The first-order chi connectivity index (χ1) is 9.06. The second kappa shape index (κ2) is 6.50. The minimum Gasteiger partial charge on any atom is -0.488 e. The van der Waals surface area contributed by atoms with Crippen molar-refractivity contribution in [2.75, 3.05) is 0 Å². The standard InChI is InChI=1S/C14H14Br2N2O/c1-9(17)13-3-2-11(15)5-14(13)19-8-10-4-12(16)7-18-6-10/h2-7,9H,8,17H2,1H3. The highest BCUT2D eigenvalue weighted by Gasteiger charge is 2.09. The van der Waals surface area contributed by atoms with Gasteiger partial charge < -0.3 is 10.5 Å². The van der Waals surface area contributed by atoms with Crippen LogP contribution in [0.25, 0.3) is 0 Å². The van der Waals surface area contributed by atoms with Gasteiger partial charge in [-0.2, -0.15) is 0 Å². The maximum absolute atomic E-state index is 5.94. The van der Waals surface area contributed by atoms with Gasteiger partial charge in [0.2, 0.25) is 0 Å². The summed E-state index contributed by atoms with van der Waals surface area (Å²) in [6, 6.07) is 7.79. The summed E-state index contributed by atoms with van der Waals surface area (Å²) in [7, 11) is 0. The van der Waals surface area contributed by atoms with Crippen LogP contribution < -0.4 is 10.5 Å². The van der Waals surface area contributed by atoms with E-state index < -0.39 is 0 Å². The number of benzene rings is 1. The predicted molar refractivity (Wildman–Crippen MR) is 83.0 cm³/mol. The molecule has 0 saturated heterocycles. The quantitative estimate of drug-likeness (QED) is 0.857. The van der Waals surface area contributed by atoms with Crippen molar-refractivity contribution in [2.24, 2.45) is 5.73 Å². The van der Waals surface area contributed by atoms with E-state index in [-0.39, 0.29) is 6.04 Å². The smallest absolute Gasteiger partial charge is 0.125 e. The van der Waals surface area contributed by atoms with Crippen LogP contribution in [0.15, 0.2) is 45.6 Å². The summed E-state index contributed by atoms with van der Waals surface area (Å²) in [5.41, 5.74) is 7.94. The number of hydrogen-bond donors (Lipinski definition) is 1. The number of ether oxygens (including phenoxy) is 1. The number of halogens is 2. The summed E-state index contributed by atoms with van der Waals surface area (Å²) in [6.07, 6.45) is 3.53. The van der Waals surface area contributed by atoms with Crippen LogP contribution in [0.1, 0.15) is 24.1 Å². The van der Waals surface area contributed by atoms with E-state index in [1.54, 1.807) is 12.4 Å². The molecule has 100 valence electrons. The molecule has 0 amide bonds. The lowest BCUT2D eigenvalue weighted by atomic mass is 10.1. The van der Waals surface area contributed by atoms with E-state index in [4.69, 9.17) is 10.5 Å². The molecule has 1 atom stereocenters. The first-order valence-corrected chi connectivity index (χ1v) is 7.42. The summed E-state index contributed by atoms with van der Waals surface area (Å²) >= 11 is 6.83. The molecule has 0 fully saturated rings. The highest BCUT2D eigenvalue weighted by atomic mass is 79.9. The number of aromatic nitrogens is 1. The molecule has 0 bridgehead atoms. The molecule has 1 unspecified atom stereocenters. The lowest BCUT2D eigenvalue weighted by Gasteiger charge is -2.14. The molecule has 0 saturated carbocycles. The highest BCUT2D eigenvalue weighted by molar-refractivity contribution is 9.10. The van der Waals surface area contributed by atoms with Gasteiger partial charge in [-0.15, -0.1) is 0 Å². The third-order valence-corrected chi connectivity index (χ3v) is 3.55. The van der Waals surface area contributed by atoms with Crippen molar-refractivity contribution >= 4 is 31.9 Å². The monoisotopic (exact) mass is 384 g/mol. The average molecular weight is 386 g/mol. The summed E-state index contributed by atoms with van der Waals surface area (Å²) in [5.74, 6) is 0.796. The van der Waals surface area contributed by atoms with Crippen molar-refractivity contribution in [1.82, 2.24) is 4.98 Å². The number of rotatable bonds is 4. The summed E-state index contributed by atoms with van der Waals surface area (Å²) in [6.45, 7) is 2.40. The number of nitrogens with two attached hydrogens (primary N) is 1. The van der Waals surface area contributed by atoms with E-state index in [2.05, 4.69) is 36.8 Å². The first-order valence-electron chi connectivity index (χ1n) is 5.83. The molecule has 0 spiro atoms. The van der Waals surface area contributed by atoms with Gasteiger partial charge in [-0.25, -0.2) is 0 Å². The van der Waals surface area contributed by atoms with Crippen LogP contribution in [0.2, 0.25) is 0 Å². The molecular formula is C14H14Br2N2O. The Hall–Kier alpha value is -0.910. The van der Waals surface area contributed by atoms with Crippen LogP contribution in [0.3, 0.4) is 0 Å². The second-order valence-electron chi connectivity index (χ2n) is 4.27. The molecule has 3 nitrogen and oxygen atoms in total. The zero-order chi connectivity index (χ0) is 13.8. The van der Waals surface area contributed by atoms with E-state index in [0.29, 0.717) is 6.61 Å². The third-order valence-electron chi connectivity index (χ3n) is 2.62. The number of hydrogen-bond acceptors (Lipinski definition) is 3. The SMILES string of the molecule is CC(N)c1ccc(Br)cc1OCc1cncc(Br)c1. The van der Waals surface area contributed by atoms with Gasteiger partial charge in [-0.1, -0.05) is 22.0 Å². The van der Waals surface area contributed by atoms with Crippen molar-refractivity contribution in [1.29, 1.82) is 0 Å². The fraction of sp³-hybridized carbons (Fsp3) is 0.214. The molecule has 0 aliphatic rings. The van der Waals surface area contributed by atoms with Crippen LogP contribution in [-0.4, -0.2) is 4.98 Å². The van der Waals surface area contributed by atoms with Crippen molar-refractivity contribution in [2.45, 2.75) is 19.6 Å². The molecular weight excluding hydrogens is 372 g/mol. The maximum atomic E-state index is 5.94. The lowest BCUT2D eigenvalue weighted by molar-refractivity contribution is 0.301.